The highest BCUT2D eigenvalue weighted by atomic mass is 16.7. The maximum absolute atomic E-state index is 12.8. The number of nitrogens with one attached hydrogen (secondary N) is 2. The molecule has 2 aliphatic rings. The van der Waals surface area contributed by atoms with Gasteiger partial charge in [-0.05, 0) is 18.2 Å². The third-order valence-electron chi connectivity index (χ3n) is 4.11. The lowest BCUT2D eigenvalue weighted by Gasteiger charge is -2.23. The lowest BCUT2D eigenvalue weighted by molar-refractivity contribution is -0.139. The fourth-order valence-electron chi connectivity index (χ4n) is 2.73. The highest BCUT2D eigenvalue weighted by molar-refractivity contribution is 6.35. The molecular formula is C17H21N3O7. The largest absolute Gasteiger partial charge is 0.454 e. The fourth-order valence-corrected chi connectivity index (χ4v) is 2.73. The van der Waals surface area contributed by atoms with E-state index >= 15 is 0 Å². The molecule has 3 amide bonds. The SMILES string of the molecule is COCCNC(=O)C(=O)NCC1OCCN1C(=O)c1ccc2c(c1)OCO2. The third-order valence-corrected chi connectivity index (χ3v) is 4.11. The molecule has 10 nitrogen and oxygen atoms in total. The molecule has 2 aliphatic heterocycles. The summed E-state index contributed by atoms with van der Waals surface area (Å²) in [5.41, 5.74) is 0.429. The smallest absolute Gasteiger partial charge is 0.309 e. The summed E-state index contributed by atoms with van der Waals surface area (Å²) in [6.07, 6.45) is -0.654. The van der Waals surface area contributed by atoms with Gasteiger partial charge in [-0.15, -0.1) is 0 Å². The molecule has 0 aromatic heterocycles. The molecule has 1 atom stereocenters. The average Bonchev–Trinajstić information content (AvgIpc) is 3.33. The Morgan fingerprint density at radius 3 is 2.78 bits per heavy atom. The standard InChI is InChI=1S/C17H21N3O7/c1-24-6-4-18-15(21)16(22)19-9-14-20(5-7-25-14)17(23)11-2-3-12-13(8-11)27-10-26-12/h2-3,8,14H,4-7,9-10H2,1H3,(H,18,21)(H,19,22). The van der Waals surface area contributed by atoms with Gasteiger partial charge in [-0.3, -0.25) is 14.4 Å². The minimum absolute atomic E-state index is 0.00677. The van der Waals surface area contributed by atoms with Crippen LogP contribution in [0.2, 0.25) is 0 Å². The predicted octanol–water partition coefficient (Wildman–Crippen LogP) is -0.907. The third kappa shape index (κ3) is 4.47. The number of hydrogen-bond donors (Lipinski definition) is 2. The van der Waals surface area contributed by atoms with E-state index in [1.807, 2.05) is 0 Å². The van der Waals surface area contributed by atoms with Crippen LogP contribution in [0.3, 0.4) is 0 Å². The molecule has 0 radical (unpaired) electrons. The van der Waals surface area contributed by atoms with E-state index in [-0.39, 0.29) is 25.8 Å². The number of rotatable bonds is 6. The number of ether oxygens (including phenoxy) is 4. The molecule has 1 aromatic rings. The Morgan fingerprint density at radius 2 is 1.96 bits per heavy atom. The Morgan fingerprint density at radius 1 is 1.19 bits per heavy atom. The van der Waals surface area contributed by atoms with Crippen molar-refractivity contribution in [3.05, 3.63) is 23.8 Å². The summed E-state index contributed by atoms with van der Waals surface area (Å²) in [5.74, 6) is -0.712. The van der Waals surface area contributed by atoms with Gasteiger partial charge in [0.15, 0.2) is 11.5 Å². The molecule has 1 aromatic carbocycles. The Labute approximate surface area is 155 Å². The summed E-state index contributed by atoms with van der Waals surface area (Å²) in [5, 5.41) is 4.89. The average molecular weight is 379 g/mol. The molecular weight excluding hydrogens is 358 g/mol. The molecule has 2 N–H and O–H groups in total. The van der Waals surface area contributed by atoms with Crippen molar-refractivity contribution in [1.82, 2.24) is 15.5 Å². The topological polar surface area (TPSA) is 115 Å². The Hall–Kier alpha value is -2.85. The van der Waals surface area contributed by atoms with Gasteiger partial charge in [0.2, 0.25) is 6.79 Å². The minimum Gasteiger partial charge on any atom is -0.454 e. The van der Waals surface area contributed by atoms with Crippen molar-refractivity contribution >= 4 is 17.7 Å². The van der Waals surface area contributed by atoms with Crippen molar-refractivity contribution < 1.29 is 33.3 Å². The highest BCUT2D eigenvalue weighted by Gasteiger charge is 2.31. The highest BCUT2D eigenvalue weighted by Crippen LogP contribution is 2.33. The maximum atomic E-state index is 12.8. The summed E-state index contributed by atoms with van der Waals surface area (Å²) < 4.78 is 20.8. The molecule has 27 heavy (non-hydrogen) atoms. The van der Waals surface area contributed by atoms with Crippen LogP contribution in [0.1, 0.15) is 10.4 Å². The lowest BCUT2D eigenvalue weighted by Crippen LogP contribution is -2.47. The molecule has 3 rings (SSSR count). The van der Waals surface area contributed by atoms with Gasteiger partial charge in [-0.1, -0.05) is 0 Å². The monoisotopic (exact) mass is 379 g/mol. The number of carbonyl (C=O) groups excluding carboxylic acids is 3. The van der Waals surface area contributed by atoms with Gasteiger partial charge in [-0.25, -0.2) is 0 Å². The summed E-state index contributed by atoms with van der Waals surface area (Å²) >= 11 is 0. The summed E-state index contributed by atoms with van der Waals surface area (Å²) in [7, 11) is 1.50. The zero-order chi connectivity index (χ0) is 19.2. The van der Waals surface area contributed by atoms with Gasteiger partial charge >= 0.3 is 11.8 Å². The number of fused-ring (bicyclic) bond motifs is 1. The van der Waals surface area contributed by atoms with Gasteiger partial charge < -0.3 is 34.5 Å². The van der Waals surface area contributed by atoms with Crippen molar-refractivity contribution in [2.45, 2.75) is 6.23 Å². The van der Waals surface area contributed by atoms with Crippen molar-refractivity contribution in [3.8, 4) is 11.5 Å². The second-order valence-electron chi connectivity index (χ2n) is 5.85. The minimum atomic E-state index is -0.794. The molecule has 0 saturated carbocycles. The number of carbonyl (C=O) groups is 3. The molecule has 0 spiro atoms. The zero-order valence-electron chi connectivity index (χ0n) is 14.9. The van der Waals surface area contributed by atoms with Crippen LogP contribution in [0, 0.1) is 0 Å². The number of nitrogens with zero attached hydrogens (tertiary/aromatic N) is 1. The van der Waals surface area contributed by atoms with Crippen molar-refractivity contribution in [1.29, 1.82) is 0 Å². The van der Waals surface area contributed by atoms with E-state index in [0.717, 1.165) is 0 Å². The second-order valence-corrected chi connectivity index (χ2v) is 5.85. The molecule has 1 unspecified atom stereocenters. The van der Waals surface area contributed by atoms with E-state index in [1.54, 1.807) is 18.2 Å². The van der Waals surface area contributed by atoms with E-state index in [1.165, 1.54) is 12.0 Å². The number of hydrogen-bond acceptors (Lipinski definition) is 7. The van der Waals surface area contributed by atoms with Gasteiger partial charge in [0.25, 0.3) is 5.91 Å². The van der Waals surface area contributed by atoms with Gasteiger partial charge in [0.1, 0.15) is 6.23 Å². The predicted molar refractivity (Wildman–Crippen MR) is 91.2 cm³/mol. The number of benzene rings is 1. The van der Waals surface area contributed by atoms with Crippen LogP contribution in [0.4, 0.5) is 0 Å². The van der Waals surface area contributed by atoms with Crippen molar-refractivity contribution in [2.75, 3.05) is 46.8 Å². The van der Waals surface area contributed by atoms with Gasteiger partial charge in [0.05, 0.1) is 19.8 Å². The first-order valence-corrected chi connectivity index (χ1v) is 8.47. The van der Waals surface area contributed by atoms with Crippen LogP contribution >= 0.6 is 0 Å². The van der Waals surface area contributed by atoms with E-state index in [0.29, 0.717) is 36.8 Å². The van der Waals surface area contributed by atoms with Crippen LogP contribution in [-0.2, 0) is 19.1 Å². The first-order chi connectivity index (χ1) is 13.1. The molecule has 0 aliphatic carbocycles. The fraction of sp³-hybridized carbons (Fsp3) is 0.471. The normalized spacial score (nSPS) is 17.7. The first-order valence-electron chi connectivity index (χ1n) is 8.47. The van der Waals surface area contributed by atoms with Crippen LogP contribution in [0.25, 0.3) is 0 Å². The van der Waals surface area contributed by atoms with Crippen LogP contribution in [-0.4, -0.2) is 75.6 Å². The Bertz CT molecular complexity index is 724. The van der Waals surface area contributed by atoms with E-state index < -0.39 is 18.0 Å². The van der Waals surface area contributed by atoms with Crippen molar-refractivity contribution in [3.63, 3.8) is 0 Å². The van der Waals surface area contributed by atoms with Crippen LogP contribution < -0.4 is 20.1 Å². The Balaban J connectivity index is 1.54. The van der Waals surface area contributed by atoms with Gasteiger partial charge in [-0.2, -0.15) is 0 Å². The molecule has 1 fully saturated rings. The lowest BCUT2D eigenvalue weighted by atomic mass is 10.1. The van der Waals surface area contributed by atoms with Crippen molar-refractivity contribution in [2.24, 2.45) is 0 Å². The Kier molecular flexibility index (Phi) is 6.09. The number of amides is 3. The zero-order valence-corrected chi connectivity index (χ0v) is 14.9. The molecule has 10 heteroatoms. The van der Waals surface area contributed by atoms with E-state index in [9.17, 15) is 14.4 Å². The quantitative estimate of drug-likeness (QED) is 0.486. The summed E-state index contributed by atoms with van der Waals surface area (Å²) in [6, 6.07) is 4.93. The molecule has 146 valence electrons. The van der Waals surface area contributed by atoms with E-state index in [4.69, 9.17) is 18.9 Å². The summed E-state index contributed by atoms with van der Waals surface area (Å²) in [4.78, 5) is 37.7. The summed E-state index contributed by atoms with van der Waals surface area (Å²) in [6.45, 7) is 1.40. The van der Waals surface area contributed by atoms with Crippen LogP contribution in [0.15, 0.2) is 18.2 Å². The second kappa shape index (κ2) is 8.69. The molecule has 1 saturated heterocycles. The maximum Gasteiger partial charge on any atom is 0.309 e. The van der Waals surface area contributed by atoms with Crippen LogP contribution in [0.5, 0.6) is 11.5 Å². The van der Waals surface area contributed by atoms with E-state index in [2.05, 4.69) is 10.6 Å². The first kappa shape index (κ1) is 18.9. The number of methoxy groups -OCH3 is 1. The van der Waals surface area contributed by atoms with Gasteiger partial charge in [0, 0.05) is 25.8 Å². The molecule has 2 heterocycles. The molecule has 0 bridgehead atoms.